The van der Waals surface area contributed by atoms with Crippen molar-refractivity contribution in [3.8, 4) is 0 Å². The monoisotopic (exact) mass is 327 g/mol. The Morgan fingerprint density at radius 3 is 3.06 bits per heavy atom. The molecule has 1 aliphatic rings. The number of rotatable bonds is 4. The molecule has 0 bridgehead atoms. The van der Waals surface area contributed by atoms with E-state index >= 15 is 0 Å². The molecule has 3 rings (SSSR count). The first-order chi connectivity index (χ1) is 7.84. The number of para-hydroxylation sites is 1. The molecule has 16 heavy (non-hydrogen) atoms. The smallest absolute Gasteiger partial charge is 0.147 e. The van der Waals surface area contributed by atoms with Gasteiger partial charge in [0.05, 0.1) is 9.83 Å². The third kappa shape index (κ3) is 2.11. The van der Waals surface area contributed by atoms with E-state index in [1.54, 1.807) is 0 Å². The Balaban J connectivity index is 1.77. The highest BCUT2D eigenvalue weighted by molar-refractivity contribution is 14.1. The fourth-order valence-electron chi connectivity index (χ4n) is 1.97. The van der Waals surface area contributed by atoms with Gasteiger partial charge in [0.15, 0.2) is 0 Å². The topological polar surface area (TPSA) is 25.2 Å². The largest absolute Gasteiger partial charge is 0.463 e. The quantitative estimate of drug-likeness (QED) is 0.872. The second kappa shape index (κ2) is 4.37. The predicted molar refractivity (Wildman–Crippen MR) is 73.7 cm³/mol. The van der Waals surface area contributed by atoms with E-state index in [1.807, 2.05) is 6.26 Å². The standard InChI is InChI=1S/C13H14INO/c14-12-3-1-2-11-9(8-16-13(11)12)6-7-15-10-4-5-10/h1-3,8,10,15H,4-7H2. The average molecular weight is 327 g/mol. The van der Waals surface area contributed by atoms with Crippen LogP contribution in [0.25, 0.3) is 11.0 Å². The first-order valence-electron chi connectivity index (χ1n) is 5.72. The van der Waals surface area contributed by atoms with Crippen molar-refractivity contribution in [1.29, 1.82) is 0 Å². The van der Waals surface area contributed by atoms with Crippen LogP contribution in [-0.2, 0) is 6.42 Å². The lowest BCUT2D eigenvalue weighted by Crippen LogP contribution is -2.19. The molecule has 1 heterocycles. The van der Waals surface area contributed by atoms with Crippen molar-refractivity contribution in [2.75, 3.05) is 6.54 Å². The van der Waals surface area contributed by atoms with Crippen molar-refractivity contribution >= 4 is 33.6 Å². The van der Waals surface area contributed by atoms with Crippen LogP contribution in [0.3, 0.4) is 0 Å². The summed E-state index contributed by atoms with van der Waals surface area (Å²) in [5, 5.41) is 4.80. The Labute approximate surface area is 109 Å². The lowest BCUT2D eigenvalue weighted by atomic mass is 10.1. The van der Waals surface area contributed by atoms with Crippen molar-refractivity contribution in [2.24, 2.45) is 0 Å². The van der Waals surface area contributed by atoms with Crippen molar-refractivity contribution in [2.45, 2.75) is 25.3 Å². The van der Waals surface area contributed by atoms with Crippen molar-refractivity contribution in [3.05, 3.63) is 33.6 Å². The lowest BCUT2D eigenvalue weighted by Gasteiger charge is -2.00. The molecule has 2 aromatic rings. The van der Waals surface area contributed by atoms with Crippen molar-refractivity contribution in [1.82, 2.24) is 5.32 Å². The molecule has 0 unspecified atom stereocenters. The van der Waals surface area contributed by atoms with Crippen LogP contribution in [-0.4, -0.2) is 12.6 Å². The highest BCUT2D eigenvalue weighted by atomic mass is 127. The zero-order chi connectivity index (χ0) is 11.0. The number of fused-ring (bicyclic) bond motifs is 1. The van der Waals surface area contributed by atoms with Crippen LogP contribution in [0.2, 0.25) is 0 Å². The van der Waals surface area contributed by atoms with Crippen molar-refractivity contribution < 1.29 is 4.42 Å². The Morgan fingerprint density at radius 2 is 2.25 bits per heavy atom. The summed E-state index contributed by atoms with van der Waals surface area (Å²) in [6.07, 6.45) is 5.67. The molecule has 0 atom stereocenters. The van der Waals surface area contributed by atoms with E-state index < -0.39 is 0 Å². The second-order valence-electron chi connectivity index (χ2n) is 4.36. The molecule has 1 aromatic carbocycles. The normalized spacial score (nSPS) is 15.8. The van der Waals surface area contributed by atoms with Gasteiger partial charge >= 0.3 is 0 Å². The summed E-state index contributed by atoms with van der Waals surface area (Å²) in [6, 6.07) is 7.11. The summed E-state index contributed by atoms with van der Waals surface area (Å²) in [5.41, 5.74) is 2.35. The molecule has 1 aromatic heterocycles. The molecule has 1 saturated carbocycles. The van der Waals surface area contributed by atoms with Gasteiger partial charge in [-0.3, -0.25) is 0 Å². The van der Waals surface area contributed by atoms with E-state index in [-0.39, 0.29) is 0 Å². The maximum absolute atomic E-state index is 5.62. The Bertz CT molecular complexity index is 502. The van der Waals surface area contributed by atoms with E-state index in [0.29, 0.717) is 0 Å². The summed E-state index contributed by atoms with van der Waals surface area (Å²) in [4.78, 5) is 0. The summed E-state index contributed by atoms with van der Waals surface area (Å²) in [7, 11) is 0. The van der Waals surface area contributed by atoms with Gasteiger partial charge in [0.1, 0.15) is 5.58 Å². The third-order valence-corrected chi connectivity index (χ3v) is 3.89. The Hall–Kier alpha value is -0.550. The molecular weight excluding hydrogens is 313 g/mol. The molecule has 1 aliphatic carbocycles. The van der Waals surface area contributed by atoms with Crippen molar-refractivity contribution in [3.63, 3.8) is 0 Å². The summed E-state index contributed by atoms with van der Waals surface area (Å²) >= 11 is 2.32. The highest BCUT2D eigenvalue weighted by Gasteiger charge is 2.19. The molecule has 0 spiro atoms. The zero-order valence-corrected chi connectivity index (χ0v) is 11.2. The van der Waals surface area contributed by atoms with Crippen LogP contribution in [0.15, 0.2) is 28.9 Å². The SMILES string of the molecule is Ic1cccc2c(CCNC3CC3)coc12. The summed E-state index contributed by atoms with van der Waals surface area (Å²) in [5.74, 6) is 0. The minimum absolute atomic E-state index is 0.790. The molecule has 0 amide bonds. The first kappa shape index (κ1) is 10.6. The second-order valence-corrected chi connectivity index (χ2v) is 5.52. The third-order valence-electron chi connectivity index (χ3n) is 3.04. The number of nitrogens with one attached hydrogen (secondary N) is 1. The molecular formula is C13H14INO. The number of furan rings is 1. The maximum atomic E-state index is 5.62. The van der Waals surface area contributed by atoms with Gasteiger partial charge in [-0.05, 0) is 60.0 Å². The lowest BCUT2D eigenvalue weighted by molar-refractivity contribution is 0.604. The molecule has 84 valence electrons. The van der Waals surface area contributed by atoms with Gasteiger partial charge in [-0.2, -0.15) is 0 Å². The number of hydrogen-bond acceptors (Lipinski definition) is 2. The Morgan fingerprint density at radius 1 is 1.38 bits per heavy atom. The molecule has 2 nitrogen and oxygen atoms in total. The summed E-state index contributed by atoms with van der Waals surface area (Å²) < 4.78 is 6.81. The molecule has 0 aliphatic heterocycles. The molecule has 1 N–H and O–H groups in total. The summed E-state index contributed by atoms with van der Waals surface area (Å²) in [6.45, 7) is 1.06. The van der Waals surface area contributed by atoms with Gasteiger partial charge < -0.3 is 9.73 Å². The van der Waals surface area contributed by atoms with Gasteiger partial charge in [-0.15, -0.1) is 0 Å². The minimum Gasteiger partial charge on any atom is -0.463 e. The van der Waals surface area contributed by atoms with E-state index in [0.717, 1.165) is 24.6 Å². The van der Waals surface area contributed by atoms with E-state index in [4.69, 9.17) is 4.42 Å². The fourth-order valence-corrected chi connectivity index (χ4v) is 2.59. The highest BCUT2D eigenvalue weighted by Crippen LogP contribution is 2.26. The fraction of sp³-hybridized carbons (Fsp3) is 0.385. The molecule has 3 heteroatoms. The van der Waals surface area contributed by atoms with E-state index in [2.05, 4.69) is 46.1 Å². The minimum atomic E-state index is 0.790. The van der Waals surface area contributed by atoms with Gasteiger partial charge in [0.25, 0.3) is 0 Å². The van der Waals surface area contributed by atoms with Crippen LogP contribution in [0.1, 0.15) is 18.4 Å². The van der Waals surface area contributed by atoms with Crippen LogP contribution in [0, 0.1) is 3.57 Å². The van der Waals surface area contributed by atoms with Crippen LogP contribution >= 0.6 is 22.6 Å². The molecule has 0 radical (unpaired) electrons. The van der Waals surface area contributed by atoms with Gasteiger partial charge in [0, 0.05) is 11.4 Å². The van der Waals surface area contributed by atoms with Gasteiger partial charge in [0.2, 0.25) is 0 Å². The number of halogens is 1. The van der Waals surface area contributed by atoms with Crippen LogP contribution < -0.4 is 5.32 Å². The van der Waals surface area contributed by atoms with E-state index in [9.17, 15) is 0 Å². The molecule has 0 saturated heterocycles. The Kier molecular flexibility index (Phi) is 2.90. The van der Waals surface area contributed by atoms with Gasteiger partial charge in [-0.1, -0.05) is 12.1 Å². The average Bonchev–Trinajstić information content (AvgIpc) is 3.00. The van der Waals surface area contributed by atoms with Gasteiger partial charge in [-0.25, -0.2) is 0 Å². The predicted octanol–water partition coefficient (Wildman–Crippen LogP) is 3.33. The van der Waals surface area contributed by atoms with Crippen LogP contribution in [0.4, 0.5) is 0 Å². The molecule has 1 fully saturated rings. The maximum Gasteiger partial charge on any atom is 0.147 e. The zero-order valence-electron chi connectivity index (χ0n) is 9.00. The van der Waals surface area contributed by atoms with Crippen LogP contribution in [0.5, 0.6) is 0 Å². The number of benzene rings is 1. The first-order valence-corrected chi connectivity index (χ1v) is 6.80. The van der Waals surface area contributed by atoms with E-state index in [1.165, 1.54) is 27.4 Å². The number of hydrogen-bond donors (Lipinski definition) is 1.